The van der Waals surface area contributed by atoms with E-state index in [1.165, 1.54) is 0 Å². The third-order valence-corrected chi connectivity index (χ3v) is 12.9. The Bertz CT molecular complexity index is 1710. The fourth-order valence-electron chi connectivity index (χ4n) is 9.11. The number of carboxylic acids is 1. The molecule has 4 saturated heterocycles. The Morgan fingerprint density at radius 2 is 1.63 bits per heavy atom. The average molecular weight is 940 g/mol. The summed E-state index contributed by atoms with van der Waals surface area (Å²) in [4.78, 5) is 41.8. The van der Waals surface area contributed by atoms with Gasteiger partial charge in [-0.15, -0.1) is 0 Å². The summed E-state index contributed by atoms with van der Waals surface area (Å²) in [6.07, 6.45) is -22.5. The maximum Gasteiger partial charge on any atom is 0.364 e. The van der Waals surface area contributed by atoms with Crippen molar-refractivity contribution in [1.82, 2.24) is 10.2 Å². The van der Waals surface area contributed by atoms with Gasteiger partial charge in [0.15, 0.2) is 18.4 Å². The summed E-state index contributed by atoms with van der Waals surface area (Å²) in [5.74, 6) is -10.0. The fourth-order valence-corrected chi connectivity index (χ4v) is 9.11. The first-order valence-electron chi connectivity index (χ1n) is 21.5. The number of azide groups is 1. The van der Waals surface area contributed by atoms with Gasteiger partial charge in [0.1, 0.15) is 48.8 Å². The number of aliphatic hydroxyl groups excluding tert-OH is 9. The first kappa shape index (κ1) is 53.0. The number of carbonyl (C=O) groups is 3. The number of carbonyl (C=O) groups excluding carboxylic acids is 2. The Morgan fingerprint density at radius 3 is 2.25 bits per heavy atom. The van der Waals surface area contributed by atoms with E-state index >= 15 is 0 Å². The second-order valence-corrected chi connectivity index (χ2v) is 18.5. The lowest BCUT2D eigenvalue weighted by molar-refractivity contribution is -0.456. The predicted molar refractivity (Wildman–Crippen MR) is 213 cm³/mol. The minimum Gasteiger partial charge on any atom is -0.477 e. The first-order valence-corrected chi connectivity index (χ1v) is 21.5. The number of amides is 2. The lowest BCUT2D eigenvalue weighted by atomic mass is 9.68. The van der Waals surface area contributed by atoms with Crippen molar-refractivity contribution in [3.05, 3.63) is 10.4 Å². The Hall–Kier alpha value is -2.96. The molecule has 5 rings (SSSR count). The van der Waals surface area contributed by atoms with Crippen LogP contribution in [0, 0.1) is 11.3 Å². The molecular formula is C39H65N5O21. The number of likely N-dealkylation sites (tertiary alicyclic amines) is 1. The molecule has 0 spiro atoms. The third-order valence-electron chi connectivity index (χ3n) is 12.9. The molecule has 0 aromatic heterocycles. The van der Waals surface area contributed by atoms with Crippen LogP contribution in [0.5, 0.6) is 0 Å². The first-order chi connectivity index (χ1) is 30.4. The largest absolute Gasteiger partial charge is 0.477 e. The van der Waals surface area contributed by atoms with Crippen molar-refractivity contribution < 1.29 is 104 Å². The summed E-state index contributed by atoms with van der Waals surface area (Å²) in [7, 11) is 0. The van der Waals surface area contributed by atoms with Gasteiger partial charge < -0.3 is 99.5 Å². The molecular weight excluding hydrogens is 874 g/mol. The molecule has 18 atom stereocenters. The van der Waals surface area contributed by atoms with E-state index in [9.17, 15) is 70.6 Å². The molecule has 0 bridgehead atoms. The molecule has 4 heterocycles. The van der Waals surface area contributed by atoms with Gasteiger partial charge >= 0.3 is 5.97 Å². The Kier molecular flexibility index (Phi) is 17.2. The number of carboxylic acid groups (broad SMARTS) is 1. The van der Waals surface area contributed by atoms with Crippen LogP contribution in [-0.4, -0.2) is 227 Å². The van der Waals surface area contributed by atoms with Gasteiger partial charge in [-0.3, -0.25) is 9.59 Å². The molecule has 2 amide bonds. The minimum absolute atomic E-state index is 0.0643. The summed E-state index contributed by atoms with van der Waals surface area (Å²) in [6, 6.07) is -2.93. The molecule has 0 aromatic carbocycles. The van der Waals surface area contributed by atoms with Crippen LogP contribution in [0.4, 0.5) is 0 Å². The van der Waals surface area contributed by atoms with Crippen LogP contribution in [0.15, 0.2) is 5.11 Å². The van der Waals surface area contributed by atoms with Crippen LogP contribution >= 0.6 is 0 Å². The van der Waals surface area contributed by atoms with Gasteiger partial charge in [0.25, 0.3) is 5.79 Å². The Balaban J connectivity index is 1.13. The van der Waals surface area contributed by atoms with Gasteiger partial charge in [-0.25, -0.2) is 4.79 Å². The zero-order valence-electron chi connectivity index (χ0n) is 36.8. The molecule has 372 valence electrons. The fraction of sp³-hybridized carbons (Fsp3) is 0.923. The van der Waals surface area contributed by atoms with Crippen LogP contribution in [0.1, 0.15) is 66.7 Å². The van der Waals surface area contributed by atoms with Crippen LogP contribution in [0.2, 0.25) is 0 Å². The van der Waals surface area contributed by atoms with E-state index in [-0.39, 0.29) is 38.6 Å². The number of aliphatic carboxylic acids is 1. The van der Waals surface area contributed by atoms with Gasteiger partial charge in [0.2, 0.25) is 11.8 Å². The second kappa shape index (κ2) is 21.1. The number of nitrogens with one attached hydrogen (secondary N) is 1. The molecule has 5 aliphatic rings. The maximum atomic E-state index is 12.9. The molecule has 65 heavy (non-hydrogen) atoms. The highest BCUT2D eigenvalue weighted by molar-refractivity contribution is 5.81. The van der Waals surface area contributed by atoms with Gasteiger partial charge in [-0.1, -0.05) is 19.0 Å². The number of aliphatic hydroxyl groups is 10. The van der Waals surface area contributed by atoms with Crippen LogP contribution in [-0.2, 0) is 47.5 Å². The highest BCUT2D eigenvalue weighted by Crippen LogP contribution is 2.53. The number of rotatable bonds is 21. The molecule has 12 N–H and O–H groups in total. The molecule has 26 heteroatoms. The predicted octanol–water partition coefficient (Wildman–Crippen LogP) is -4.34. The maximum absolute atomic E-state index is 12.9. The quantitative estimate of drug-likeness (QED) is 0.0170. The summed E-state index contributed by atoms with van der Waals surface area (Å²) >= 11 is 0. The number of hydrogen-bond donors (Lipinski definition) is 12. The van der Waals surface area contributed by atoms with E-state index in [0.717, 1.165) is 11.8 Å². The summed E-state index contributed by atoms with van der Waals surface area (Å²) in [5.41, 5.74) is 7.14. The minimum atomic E-state index is -2.93. The van der Waals surface area contributed by atoms with Gasteiger partial charge in [-0.05, 0) is 38.6 Å². The smallest absolute Gasteiger partial charge is 0.364 e. The third kappa shape index (κ3) is 11.2. The Labute approximate surface area is 373 Å². The van der Waals surface area contributed by atoms with Crippen LogP contribution in [0.3, 0.4) is 0 Å². The standard InChI is InChI=1S/C39H65N5O21/c1-17(47)44-23(19(49)15-45)26(51)31-24(44)18(48)13-39(64-31,35(56)57)65-38(58)14-20-22(38)25(50)28(53)33(61-20)63-30-21(16-46)62-32(29(54)27(30)52)59-11-6-9-41-34(55)36(2,3)8-12-60-37(4,5)7-10-42-43-40/h18-33,45-46,48-54,58H,6-16H2,1-5H3,(H,41,55)(H,56,57)/t18?,19?,20?,21?,22?,23?,24?,25?,26?,27?,28?,29?,30?,31?,32?,33?,38-,39?/m1/s1. The number of nitrogens with zero attached hydrogens (tertiary/aromatic N) is 4. The monoisotopic (exact) mass is 939 g/mol. The molecule has 1 aliphatic carbocycles. The molecule has 5 fully saturated rings. The highest BCUT2D eigenvalue weighted by atomic mass is 16.8. The molecule has 0 aromatic rings. The van der Waals surface area contributed by atoms with Crippen LogP contribution in [0.25, 0.3) is 10.4 Å². The normalized spacial score (nSPS) is 39.9. The van der Waals surface area contributed by atoms with Crippen molar-refractivity contribution in [2.24, 2.45) is 16.4 Å². The molecule has 0 radical (unpaired) electrons. The van der Waals surface area contributed by atoms with Gasteiger partial charge in [0, 0.05) is 49.8 Å². The number of ether oxygens (including phenoxy) is 7. The topological polar surface area (TPSA) is 402 Å². The molecule has 17 unspecified atom stereocenters. The summed E-state index contributed by atoms with van der Waals surface area (Å²) < 4.78 is 40.1. The van der Waals surface area contributed by atoms with Crippen molar-refractivity contribution in [2.45, 2.75) is 176 Å². The summed E-state index contributed by atoms with van der Waals surface area (Å²) in [5, 5.41) is 125. The van der Waals surface area contributed by atoms with E-state index < -0.39 is 158 Å². The van der Waals surface area contributed by atoms with Gasteiger partial charge in [0.05, 0.1) is 61.7 Å². The summed E-state index contributed by atoms with van der Waals surface area (Å²) in [6.45, 7) is 7.28. The van der Waals surface area contributed by atoms with Crippen molar-refractivity contribution in [3.63, 3.8) is 0 Å². The van der Waals surface area contributed by atoms with Crippen LogP contribution < -0.4 is 5.32 Å². The van der Waals surface area contributed by atoms with E-state index in [0.29, 0.717) is 12.8 Å². The zero-order valence-corrected chi connectivity index (χ0v) is 36.8. The van der Waals surface area contributed by atoms with Gasteiger partial charge in [-0.2, -0.15) is 0 Å². The van der Waals surface area contributed by atoms with E-state index in [1.807, 2.05) is 13.8 Å². The Morgan fingerprint density at radius 1 is 0.954 bits per heavy atom. The van der Waals surface area contributed by atoms with E-state index in [2.05, 4.69) is 15.3 Å². The number of fused-ring (bicyclic) bond motifs is 2. The lowest BCUT2D eigenvalue weighted by Gasteiger charge is -2.59. The van der Waals surface area contributed by atoms with Crippen molar-refractivity contribution in [1.29, 1.82) is 0 Å². The van der Waals surface area contributed by atoms with Crippen molar-refractivity contribution >= 4 is 17.8 Å². The average Bonchev–Trinajstić information content (AvgIpc) is 3.53. The number of hydrogen-bond acceptors (Lipinski definition) is 21. The van der Waals surface area contributed by atoms with E-state index in [4.69, 9.17) is 38.7 Å². The zero-order chi connectivity index (χ0) is 48.4. The molecule has 26 nitrogen and oxygen atoms in total. The molecule has 1 saturated carbocycles. The van der Waals surface area contributed by atoms with Crippen molar-refractivity contribution in [3.8, 4) is 0 Å². The molecule has 4 aliphatic heterocycles. The SMILES string of the molecule is CC(=O)N1C(C(O)CO)C(O)C2OC(O[C@]3(O)CC4OC(OC5C(CO)OC(OCCCNC(=O)C(C)(C)CCOC(C)(C)CCN=[N+]=[N-])C(O)C5O)C(O)C(O)C43)(C(=O)O)CC(O)C21. The van der Waals surface area contributed by atoms with E-state index in [1.54, 1.807) is 13.8 Å². The lowest BCUT2D eigenvalue weighted by Crippen LogP contribution is -2.75. The second-order valence-electron chi connectivity index (χ2n) is 18.5. The van der Waals surface area contributed by atoms with Crippen molar-refractivity contribution in [2.75, 3.05) is 39.5 Å². The highest BCUT2D eigenvalue weighted by Gasteiger charge is 2.70.